The molecule has 23 heavy (non-hydrogen) atoms. The predicted octanol–water partition coefficient (Wildman–Crippen LogP) is 1.65. The average molecular weight is 335 g/mol. The van der Waals surface area contributed by atoms with Gasteiger partial charge in [-0.15, -0.1) is 5.11 Å². The Morgan fingerprint density at radius 3 is 2.39 bits per heavy atom. The number of anilines is 2. The molecule has 9 nitrogen and oxygen atoms in total. The normalized spacial score (nSPS) is 15.6. The number of aromatic amines is 1. The van der Waals surface area contributed by atoms with Gasteiger partial charge in [-0.05, 0) is 37.1 Å². The van der Waals surface area contributed by atoms with Crippen molar-refractivity contribution in [3.63, 3.8) is 0 Å². The van der Waals surface area contributed by atoms with Crippen LogP contribution in [-0.4, -0.2) is 31.7 Å². The number of nitrogens with zero attached hydrogens (tertiary/aromatic N) is 4. The Morgan fingerprint density at radius 2 is 1.78 bits per heavy atom. The average Bonchev–Trinajstić information content (AvgIpc) is 3.14. The number of H-pyrrole nitrogens is 1. The summed E-state index contributed by atoms with van der Waals surface area (Å²) in [7, 11) is -3.72. The lowest BCUT2D eigenvalue weighted by Gasteiger charge is -2.13. The summed E-state index contributed by atoms with van der Waals surface area (Å²) < 4.78 is 22.4. The molecule has 10 heteroatoms. The Kier molecular flexibility index (Phi) is 4.01. The molecule has 2 heterocycles. The summed E-state index contributed by atoms with van der Waals surface area (Å²) in [5.74, 6) is 1.03. The van der Waals surface area contributed by atoms with E-state index in [1.165, 1.54) is 24.3 Å². The number of rotatable bonds is 4. The topological polar surface area (TPSA) is 143 Å². The van der Waals surface area contributed by atoms with Gasteiger partial charge in [-0.3, -0.25) is 5.10 Å². The highest BCUT2D eigenvalue weighted by atomic mass is 32.2. The minimum Gasteiger partial charge on any atom is -0.382 e. The number of nitrogen functional groups attached to an aromatic ring is 1. The van der Waals surface area contributed by atoms with Gasteiger partial charge in [0.2, 0.25) is 10.0 Å². The number of azo groups is 1. The van der Waals surface area contributed by atoms with E-state index < -0.39 is 10.0 Å². The summed E-state index contributed by atoms with van der Waals surface area (Å²) in [6.07, 6.45) is 2.22. The van der Waals surface area contributed by atoms with Crippen LogP contribution in [0, 0.1) is 0 Å². The molecule has 0 bridgehead atoms. The second-order valence-electron chi connectivity index (χ2n) is 5.24. The Balaban J connectivity index is 1.84. The van der Waals surface area contributed by atoms with Gasteiger partial charge in [0, 0.05) is 13.1 Å². The van der Waals surface area contributed by atoms with Gasteiger partial charge in [-0.1, -0.05) is 0 Å². The van der Waals surface area contributed by atoms with E-state index in [2.05, 4.69) is 25.3 Å². The maximum absolute atomic E-state index is 11.2. The number of benzene rings is 1. The Labute approximate surface area is 133 Å². The maximum Gasteiger partial charge on any atom is 0.238 e. The molecule has 1 aliphatic rings. The van der Waals surface area contributed by atoms with Crippen molar-refractivity contribution in [2.45, 2.75) is 17.7 Å². The number of hydrogen-bond donors (Lipinski definition) is 3. The van der Waals surface area contributed by atoms with Crippen LogP contribution < -0.4 is 15.8 Å². The number of sulfonamides is 1. The molecule has 1 aromatic carbocycles. The van der Waals surface area contributed by atoms with Crippen molar-refractivity contribution >= 4 is 33.0 Å². The summed E-state index contributed by atoms with van der Waals surface area (Å²) in [5, 5.41) is 20.2. The molecule has 1 aromatic heterocycles. The monoisotopic (exact) mass is 335 g/mol. The summed E-state index contributed by atoms with van der Waals surface area (Å²) in [5.41, 5.74) is 6.84. The molecular formula is C13H17N7O2S. The van der Waals surface area contributed by atoms with Crippen LogP contribution in [-0.2, 0) is 10.0 Å². The number of nitrogens with two attached hydrogens (primary N) is 2. The first-order chi connectivity index (χ1) is 10.9. The van der Waals surface area contributed by atoms with Crippen molar-refractivity contribution in [2.24, 2.45) is 15.4 Å². The van der Waals surface area contributed by atoms with Crippen molar-refractivity contribution in [2.75, 3.05) is 23.7 Å². The molecule has 2 aromatic rings. The molecular weight excluding hydrogens is 318 g/mol. The molecule has 0 radical (unpaired) electrons. The first kappa shape index (κ1) is 15.4. The third-order valence-corrected chi connectivity index (χ3v) is 4.51. The van der Waals surface area contributed by atoms with E-state index in [0.717, 1.165) is 25.9 Å². The molecule has 0 unspecified atom stereocenters. The van der Waals surface area contributed by atoms with Gasteiger partial charge in [0.1, 0.15) is 5.82 Å². The Bertz CT molecular complexity index is 821. The third kappa shape index (κ3) is 3.32. The molecule has 122 valence electrons. The minimum absolute atomic E-state index is 0.0250. The van der Waals surface area contributed by atoms with Crippen molar-refractivity contribution in [3.05, 3.63) is 24.3 Å². The van der Waals surface area contributed by atoms with E-state index in [9.17, 15) is 8.42 Å². The lowest BCUT2D eigenvalue weighted by Crippen LogP contribution is -2.18. The quantitative estimate of drug-likeness (QED) is 0.728. The van der Waals surface area contributed by atoms with Crippen LogP contribution in [0.15, 0.2) is 39.4 Å². The van der Waals surface area contributed by atoms with Gasteiger partial charge in [-0.2, -0.15) is 10.2 Å². The predicted molar refractivity (Wildman–Crippen MR) is 86.4 cm³/mol. The van der Waals surface area contributed by atoms with Gasteiger partial charge in [0.05, 0.1) is 10.6 Å². The maximum atomic E-state index is 11.2. The summed E-state index contributed by atoms with van der Waals surface area (Å²) in [6, 6.07) is 5.80. The van der Waals surface area contributed by atoms with Crippen molar-refractivity contribution in [3.8, 4) is 0 Å². The van der Waals surface area contributed by atoms with Crippen molar-refractivity contribution in [1.82, 2.24) is 10.2 Å². The standard InChI is InChI=1S/C13H17N7O2S/c14-12-11(13(19-18-12)20-7-1-2-8-20)17-16-9-3-5-10(6-4-9)23(15,21)22/h3-6H,1-2,7-8H2,(H3,14,18,19)(H2,15,21,22). The number of nitrogens with one attached hydrogen (secondary N) is 1. The van der Waals surface area contributed by atoms with Crippen LogP contribution in [0.4, 0.5) is 23.0 Å². The van der Waals surface area contributed by atoms with Gasteiger partial charge in [-0.25, -0.2) is 13.6 Å². The third-order valence-electron chi connectivity index (χ3n) is 3.59. The zero-order chi connectivity index (χ0) is 16.4. The SMILES string of the molecule is Nc1[nH]nc(N2CCCC2)c1N=Nc1ccc(S(N)(=O)=O)cc1. The Morgan fingerprint density at radius 1 is 1.13 bits per heavy atom. The van der Waals surface area contributed by atoms with E-state index >= 15 is 0 Å². The molecule has 5 N–H and O–H groups in total. The molecule has 0 atom stereocenters. The van der Waals surface area contributed by atoms with Crippen LogP contribution >= 0.6 is 0 Å². The molecule has 3 rings (SSSR count). The van der Waals surface area contributed by atoms with Crippen LogP contribution in [0.1, 0.15) is 12.8 Å². The highest BCUT2D eigenvalue weighted by molar-refractivity contribution is 7.89. The summed E-state index contributed by atoms with van der Waals surface area (Å²) in [4.78, 5) is 2.13. The second kappa shape index (κ2) is 5.97. The van der Waals surface area contributed by atoms with Crippen molar-refractivity contribution < 1.29 is 8.42 Å². The number of aromatic nitrogens is 2. The first-order valence-corrected chi connectivity index (χ1v) is 8.63. The molecule has 1 saturated heterocycles. The molecule has 0 saturated carbocycles. The van der Waals surface area contributed by atoms with E-state index in [0.29, 0.717) is 23.0 Å². The van der Waals surface area contributed by atoms with Gasteiger partial charge < -0.3 is 10.6 Å². The van der Waals surface area contributed by atoms with Gasteiger partial charge in [0.25, 0.3) is 0 Å². The molecule has 0 amide bonds. The molecule has 0 aliphatic carbocycles. The lowest BCUT2D eigenvalue weighted by molar-refractivity contribution is 0.598. The first-order valence-electron chi connectivity index (χ1n) is 7.08. The van der Waals surface area contributed by atoms with E-state index in [1.54, 1.807) is 0 Å². The summed E-state index contributed by atoms with van der Waals surface area (Å²) >= 11 is 0. The van der Waals surface area contributed by atoms with E-state index in [4.69, 9.17) is 10.9 Å². The second-order valence-corrected chi connectivity index (χ2v) is 6.80. The highest BCUT2D eigenvalue weighted by Crippen LogP contribution is 2.34. The number of hydrogen-bond acceptors (Lipinski definition) is 7. The van der Waals surface area contributed by atoms with Crippen LogP contribution in [0.5, 0.6) is 0 Å². The van der Waals surface area contributed by atoms with Crippen LogP contribution in [0.25, 0.3) is 0 Å². The van der Waals surface area contributed by atoms with Gasteiger partial charge >= 0.3 is 0 Å². The summed E-state index contributed by atoms with van der Waals surface area (Å²) in [6.45, 7) is 1.83. The van der Waals surface area contributed by atoms with Crippen molar-refractivity contribution in [1.29, 1.82) is 0 Å². The molecule has 0 spiro atoms. The highest BCUT2D eigenvalue weighted by Gasteiger charge is 2.20. The largest absolute Gasteiger partial charge is 0.382 e. The van der Waals surface area contributed by atoms with Gasteiger partial charge in [0.15, 0.2) is 11.5 Å². The zero-order valence-corrected chi connectivity index (χ0v) is 13.1. The number of primary sulfonamides is 1. The molecule has 1 fully saturated rings. The molecule has 1 aliphatic heterocycles. The van der Waals surface area contributed by atoms with E-state index in [-0.39, 0.29) is 4.90 Å². The fourth-order valence-corrected chi connectivity index (χ4v) is 2.91. The zero-order valence-electron chi connectivity index (χ0n) is 12.3. The smallest absolute Gasteiger partial charge is 0.238 e. The van der Waals surface area contributed by atoms with Crippen LogP contribution in [0.2, 0.25) is 0 Å². The Hall–Kier alpha value is -2.46. The van der Waals surface area contributed by atoms with E-state index in [1.807, 2.05) is 0 Å². The minimum atomic E-state index is -3.72. The van der Waals surface area contributed by atoms with Crippen LogP contribution in [0.3, 0.4) is 0 Å². The lowest BCUT2D eigenvalue weighted by atomic mass is 10.3. The fraction of sp³-hybridized carbons (Fsp3) is 0.308. The fourth-order valence-electron chi connectivity index (χ4n) is 2.40.